The molecule has 1 saturated carbocycles. The number of hydrogen-bond acceptors (Lipinski definition) is 5. The molecular formula is C21H35IN4O3. The summed E-state index contributed by atoms with van der Waals surface area (Å²) in [5, 5.41) is 16.9. The van der Waals surface area contributed by atoms with E-state index >= 15 is 0 Å². The number of aliphatic imine (C=N–C) groups is 1. The number of halogens is 1. The third kappa shape index (κ3) is 6.36. The lowest BCUT2D eigenvalue weighted by atomic mass is 9.80. The van der Waals surface area contributed by atoms with E-state index in [-0.39, 0.29) is 35.3 Å². The minimum atomic E-state index is 0. The number of phenols is 1. The lowest BCUT2D eigenvalue weighted by Gasteiger charge is -2.48. The second-order valence-electron chi connectivity index (χ2n) is 7.66. The fraction of sp³-hybridized carbons (Fsp3) is 0.667. The summed E-state index contributed by atoms with van der Waals surface area (Å²) in [4.78, 5) is 6.99. The third-order valence-electron chi connectivity index (χ3n) is 6.01. The second kappa shape index (κ2) is 11.8. The van der Waals surface area contributed by atoms with Crippen molar-refractivity contribution in [3.8, 4) is 11.5 Å². The Labute approximate surface area is 191 Å². The van der Waals surface area contributed by atoms with Crippen molar-refractivity contribution in [3.05, 3.63) is 23.8 Å². The monoisotopic (exact) mass is 518 g/mol. The molecule has 0 atom stereocenters. The van der Waals surface area contributed by atoms with Crippen LogP contribution in [-0.2, 0) is 11.3 Å². The van der Waals surface area contributed by atoms with Crippen molar-refractivity contribution in [1.29, 1.82) is 0 Å². The molecule has 2 fully saturated rings. The number of rotatable bonds is 6. The first-order valence-corrected chi connectivity index (χ1v) is 10.3. The van der Waals surface area contributed by atoms with Crippen LogP contribution in [0.3, 0.4) is 0 Å². The van der Waals surface area contributed by atoms with E-state index < -0.39 is 0 Å². The van der Waals surface area contributed by atoms with Crippen LogP contribution >= 0.6 is 24.0 Å². The van der Waals surface area contributed by atoms with Gasteiger partial charge in [-0.1, -0.05) is 19.3 Å². The van der Waals surface area contributed by atoms with Crippen LogP contribution in [0.1, 0.15) is 37.7 Å². The van der Waals surface area contributed by atoms with Crippen molar-refractivity contribution in [2.75, 3.05) is 47.0 Å². The molecule has 0 amide bonds. The van der Waals surface area contributed by atoms with Gasteiger partial charge in [0.15, 0.2) is 5.96 Å². The largest absolute Gasteiger partial charge is 0.508 e. The van der Waals surface area contributed by atoms with Crippen LogP contribution in [0.25, 0.3) is 0 Å². The highest BCUT2D eigenvalue weighted by molar-refractivity contribution is 14.0. The Kier molecular flexibility index (Phi) is 9.78. The van der Waals surface area contributed by atoms with Crippen molar-refractivity contribution in [1.82, 2.24) is 15.5 Å². The van der Waals surface area contributed by atoms with Crippen molar-refractivity contribution >= 4 is 29.9 Å². The van der Waals surface area contributed by atoms with Gasteiger partial charge in [0.25, 0.3) is 0 Å². The molecule has 3 rings (SSSR count). The fourth-order valence-corrected chi connectivity index (χ4v) is 4.33. The van der Waals surface area contributed by atoms with E-state index in [1.807, 2.05) is 6.07 Å². The maximum Gasteiger partial charge on any atom is 0.191 e. The Hall–Kier alpha value is -1.26. The zero-order valence-corrected chi connectivity index (χ0v) is 19.9. The smallest absolute Gasteiger partial charge is 0.191 e. The Balaban J connectivity index is 0.00000300. The number of guanidine groups is 1. The summed E-state index contributed by atoms with van der Waals surface area (Å²) in [6, 6.07) is 5.24. The van der Waals surface area contributed by atoms with Gasteiger partial charge in [0, 0.05) is 44.3 Å². The van der Waals surface area contributed by atoms with Crippen molar-refractivity contribution in [2.45, 2.75) is 44.2 Å². The Morgan fingerprint density at radius 3 is 2.59 bits per heavy atom. The topological polar surface area (TPSA) is 78.4 Å². The van der Waals surface area contributed by atoms with Crippen LogP contribution in [0.15, 0.2) is 23.2 Å². The number of phenolic OH excluding ortho intramolecular Hbond substituents is 1. The average Bonchev–Trinajstić information content (AvgIpc) is 2.76. The van der Waals surface area contributed by atoms with Crippen LogP contribution < -0.4 is 15.4 Å². The zero-order chi connectivity index (χ0) is 19.8. The molecule has 0 spiro atoms. The van der Waals surface area contributed by atoms with Gasteiger partial charge >= 0.3 is 0 Å². The van der Waals surface area contributed by atoms with Gasteiger partial charge in [-0.3, -0.25) is 9.89 Å². The van der Waals surface area contributed by atoms with E-state index in [1.165, 1.54) is 32.1 Å². The van der Waals surface area contributed by atoms with Crippen LogP contribution in [0.4, 0.5) is 0 Å². The molecule has 8 heteroatoms. The minimum Gasteiger partial charge on any atom is -0.508 e. The number of benzene rings is 1. The molecule has 7 nitrogen and oxygen atoms in total. The molecule has 1 heterocycles. The molecule has 164 valence electrons. The predicted octanol–water partition coefficient (Wildman–Crippen LogP) is 2.72. The number of nitrogens with one attached hydrogen (secondary N) is 2. The van der Waals surface area contributed by atoms with Gasteiger partial charge in [-0.25, -0.2) is 0 Å². The van der Waals surface area contributed by atoms with Crippen molar-refractivity contribution in [2.24, 2.45) is 4.99 Å². The lowest BCUT2D eigenvalue weighted by Crippen LogP contribution is -2.60. The summed E-state index contributed by atoms with van der Waals surface area (Å²) >= 11 is 0. The summed E-state index contributed by atoms with van der Waals surface area (Å²) in [6.45, 7) is 5.01. The van der Waals surface area contributed by atoms with Crippen LogP contribution in [0.2, 0.25) is 0 Å². The number of morpholine rings is 1. The van der Waals surface area contributed by atoms with E-state index in [0.717, 1.165) is 50.1 Å². The number of nitrogens with zero attached hydrogens (tertiary/aromatic N) is 2. The normalized spacial score (nSPS) is 19.9. The molecule has 1 aromatic rings. The first kappa shape index (κ1) is 24.0. The molecule has 0 aromatic heterocycles. The van der Waals surface area contributed by atoms with Crippen LogP contribution in [-0.4, -0.2) is 68.5 Å². The third-order valence-corrected chi connectivity index (χ3v) is 6.01. The SMILES string of the molecule is CN=C(NCc1cc(OC)ccc1O)NCC1(N2CCOCC2)CCCCC1.I. The number of methoxy groups -OCH3 is 1. The summed E-state index contributed by atoms with van der Waals surface area (Å²) < 4.78 is 10.8. The highest BCUT2D eigenvalue weighted by atomic mass is 127. The average molecular weight is 518 g/mol. The first-order chi connectivity index (χ1) is 13.7. The molecule has 1 aliphatic carbocycles. The van der Waals surface area contributed by atoms with Gasteiger partial charge in [0.05, 0.1) is 20.3 Å². The standard InChI is InChI=1S/C21H34N4O3.HI/c1-22-20(23-15-17-14-18(27-2)6-7-19(17)26)24-16-21(8-4-3-5-9-21)25-10-12-28-13-11-25;/h6-7,14,26H,3-5,8-13,15-16H2,1-2H3,(H2,22,23,24);1H. The van der Waals surface area contributed by atoms with Gasteiger partial charge in [0.1, 0.15) is 11.5 Å². The highest BCUT2D eigenvalue weighted by Gasteiger charge is 2.38. The van der Waals surface area contributed by atoms with Crippen LogP contribution in [0.5, 0.6) is 11.5 Å². The molecular weight excluding hydrogens is 483 g/mol. The predicted molar refractivity (Wildman–Crippen MR) is 126 cm³/mol. The Morgan fingerprint density at radius 1 is 1.21 bits per heavy atom. The van der Waals surface area contributed by atoms with E-state index in [0.29, 0.717) is 6.54 Å². The fourth-order valence-electron chi connectivity index (χ4n) is 4.33. The van der Waals surface area contributed by atoms with E-state index in [4.69, 9.17) is 9.47 Å². The molecule has 3 N–H and O–H groups in total. The van der Waals surface area contributed by atoms with Crippen LogP contribution in [0, 0.1) is 0 Å². The number of ether oxygens (including phenoxy) is 2. The van der Waals surface area contributed by atoms with Gasteiger partial charge in [-0.05, 0) is 31.0 Å². The quantitative estimate of drug-likeness (QED) is 0.306. The maximum atomic E-state index is 10.1. The number of aromatic hydroxyl groups is 1. The van der Waals surface area contributed by atoms with E-state index in [9.17, 15) is 5.11 Å². The Bertz CT molecular complexity index is 659. The van der Waals surface area contributed by atoms with Gasteiger partial charge in [-0.15, -0.1) is 24.0 Å². The molecule has 2 aliphatic rings. The summed E-state index contributed by atoms with van der Waals surface area (Å²) in [6.07, 6.45) is 6.32. The molecule has 0 bridgehead atoms. The van der Waals surface area contributed by atoms with E-state index in [1.54, 1.807) is 26.3 Å². The zero-order valence-electron chi connectivity index (χ0n) is 17.6. The van der Waals surface area contributed by atoms with Gasteiger partial charge in [0.2, 0.25) is 0 Å². The molecule has 0 radical (unpaired) electrons. The van der Waals surface area contributed by atoms with Gasteiger partial charge in [-0.2, -0.15) is 0 Å². The summed E-state index contributed by atoms with van der Waals surface area (Å²) in [7, 11) is 3.41. The maximum absolute atomic E-state index is 10.1. The van der Waals surface area contributed by atoms with Gasteiger partial charge < -0.3 is 25.2 Å². The molecule has 1 saturated heterocycles. The first-order valence-electron chi connectivity index (χ1n) is 10.3. The highest BCUT2D eigenvalue weighted by Crippen LogP contribution is 2.33. The molecule has 0 unspecified atom stereocenters. The summed E-state index contributed by atoms with van der Waals surface area (Å²) in [5.74, 6) is 1.73. The lowest BCUT2D eigenvalue weighted by molar-refractivity contribution is -0.0352. The van der Waals surface area contributed by atoms with E-state index in [2.05, 4.69) is 20.5 Å². The summed E-state index contributed by atoms with van der Waals surface area (Å²) in [5.41, 5.74) is 0.959. The Morgan fingerprint density at radius 2 is 1.93 bits per heavy atom. The van der Waals surface area contributed by atoms with Crippen molar-refractivity contribution in [3.63, 3.8) is 0 Å². The minimum absolute atomic E-state index is 0. The second-order valence-corrected chi connectivity index (χ2v) is 7.66. The van der Waals surface area contributed by atoms with Crippen molar-refractivity contribution < 1.29 is 14.6 Å². The number of hydrogen-bond donors (Lipinski definition) is 3. The molecule has 1 aliphatic heterocycles. The molecule has 29 heavy (non-hydrogen) atoms. The molecule has 1 aromatic carbocycles.